The van der Waals surface area contributed by atoms with Crippen LogP contribution in [-0.2, 0) is 22.4 Å². The predicted molar refractivity (Wildman–Crippen MR) is 66.2 cm³/mol. The molecule has 0 spiro atoms. The number of ketones is 1. The number of rotatable bonds is 3. The van der Waals surface area contributed by atoms with E-state index in [0.717, 1.165) is 11.1 Å². The van der Waals surface area contributed by atoms with Crippen LogP contribution < -0.4 is 5.73 Å². The van der Waals surface area contributed by atoms with Crippen LogP contribution in [0.1, 0.15) is 36.0 Å². The number of quaternary nitrogens is 1. The first-order chi connectivity index (χ1) is 8.47. The van der Waals surface area contributed by atoms with Gasteiger partial charge in [0.1, 0.15) is 5.78 Å². The lowest BCUT2D eigenvalue weighted by atomic mass is 9.82. The van der Waals surface area contributed by atoms with Gasteiger partial charge in [-0.05, 0) is 22.6 Å². The average molecular weight is 248 g/mol. The molecule has 0 fully saturated rings. The van der Waals surface area contributed by atoms with Crippen LogP contribution in [0.5, 0.6) is 0 Å². The third kappa shape index (κ3) is 2.59. The lowest BCUT2D eigenvalue weighted by Gasteiger charge is -2.22. The summed E-state index contributed by atoms with van der Waals surface area (Å²) >= 11 is 0. The molecule has 1 aliphatic rings. The van der Waals surface area contributed by atoms with Crippen LogP contribution in [0.2, 0.25) is 0 Å². The summed E-state index contributed by atoms with van der Waals surface area (Å²) in [6.07, 6.45) is 1.53. The summed E-state index contributed by atoms with van der Waals surface area (Å²) in [5.74, 6) is -0.367. The van der Waals surface area contributed by atoms with Crippen LogP contribution in [-0.4, -0.2) is 22.9 Å². The second-order valence-electron chi connectivity index (χ2n) is 5.09. The van der Waals surface area contributed by atoms with Crippen LogP contribution in [0, 0.1) is 0 Å². The molecular weight excluding hydrogens is 230 g/mol. The van der Waals surface area contributed by atoms with Crippen molar-refractivity contribution in [3.05, 3.63) is 34.9 Å². The van der Waals surface area contributed by atoms with Gasteiger partial charge in [-0.3, -0.25) is 4.79 Å². The van der Waals surface area contributed by atoms with Crippen molar-refractivity contribution in [3.63, 3.8) is 0 Å². The van der Waals surface area contributed by atoms with E-state index in [2.05, 4.69) is 5.73 Å². The maximum absolute atomic E-state index is 11.5. The van der Waals surface area contributed by atoms with E-state index in [9.17, 15) is 9.59 Å². The molecule has 1 aromatic carbocycles. The highest BCUT2D eigenvalue weighted by Gasteiger charge is 2.23. The number of Topliss-reactive ketones (excluding diaryl/α,β-unsaturated/α-hetero) is 1. The zero-order chi connectivity index (χ0) is 13.3. The van der Waals surface area contributed by atoms with Crippen LogP contribution in [0.3, 0.4) is 0 Å². The molecule has 1 aliphatic carbocycles. The van der Waals surface area contributed by atoms with E-state index in [1.807, 2.05) is 25.1 Å². The molecule has 2 atom stereocenters. The van der Waals surface area contributed by atoms with Crippen molar-refractivity contribution in [2.75, 3.05) is 0 Å². The Balaban J connectivity index is 2.24. The maximum atomic E-state index is 11.5. The zero-order valence-electron chi connectivity index (χ0n) is 10.5. The number of benzene rings is 1. The molecule has 4 heteroatoms. The molecule has 2 rings (SSSR count). The second kappa shape index (κ2) is 4.90. The van der Waals surface area contributed by atoms with Gasteiger partial charge in [0.2, 0.25) is 0 Å². The minimum absolute atomic E-state index is 0.231. The molecule has 4 N–H and O–H groups in total. The molecular formula is C14H18NO3+. The standard InChI is InChI=1S/C14H17NO3/c1-8-4-11(16)7-10-3-2-9(5-12(8)10)6-13(15)14(17)18/h2-3,5,8,13H,4,6-7,15H2,1H3,(H,17,18)/p+1. The SMILES string of the molecule is CC1CC(=O)Cc2ccc(CC([NH3+])C(=O)O)cc21. The largest absolute Gasteiger partial charge is 0.477 e. The van der Waals surface area contributed by atoms with Gasteiger partial charge in [0.05, 0.1) is 0 Å². The first-order valence-electron chi connectivity index (χ1n) is 6.16. The Labute approximate surface area is 106 Å². The van der Waals surface area contributed by atoms with Crippen molar-refractivity contribution >= 4 is 11.8 Å². The molecule has 2 unspecified atom stereocenters. The molecule has 0 aromatic heterocycles. The fourth-order valence-electron chi connectivity index (χ4n) is 2.50. The Bertz CT molecular complexity index is 496. The summed E-state index contributed by atoms with van der Waals surface area (Å²) in [5, 5.41) is 8.86. The number of carboxylic acid groups (broad SMARTS) is 1. The number of carboxylic acids is 1. The molecule has 0 saturated carbocycles. The molecule has 0 bridgehead atoms. The number of fused-ring (bicyclic) bond motifs is 1. The summed E-state index contributed by atoms with van der Waals surface area (Å²) in [7, 11) is 0. The minimum atomic E-state index is -0.879. The molecule has 0 amide bonds. The monoisotopic (exact) mass is 248 g/mol. The Morgan fingerprint density at radius 1 is 1.56 bits per heavy atom. The van der Waals surface area contributed by atoms with Crippen LogP contribution in [0.25, 0.3) is 0 Å². The van der Waals surface area contributed by atoms with E-state index in [1.54, 1.807) is 0 Å². The van der Waals surface area contributed by atoms with E-state index in [1.165, 1.54) is 5.56 Å². The van der Waals surface area contributed by atoms with Crippen LogP contribution in [0.4, 0.5) is 0 Å². The number of hydrogen-bond donors (Lipinski definition) is 2. The molecule has 18 heavy (non-hydrogen) atoms. The van der Waals surface area contributed by atoms with Crippen LogP contribution >= 0.6 is 0 Å². The van der Waals surface area contributed by atoms with Gasteiger partial charge >= 0.3 is 5.97 Å². The molecule has 0 saturated heterocycles. The maximum Gasteiger partial charge on any atom is 0.362 e. The van der Waals surface area contributed by atoms with Crippen molar-refractivity contribution < 1.29 is 20.4 Å². The quantitative estimate of drug-likeness (QED) is 0.819. The lowest BCUT2D eigenvalue weighted by molar-refractivity contribution is -0.407. The zero-order valence-corrected chi connectivity index (χ0v) is 10.5. The number of carbonyl (C=O) groups is 2. The first kappa shape index (κ1) is 12.8. The van der Waals surface area contributed by atoms with Crippen molar-refractivity contribution in [3.8, 4) is 0 Å². The molecule has 0 aliphatic heterocycles. The summed E-state index contributed by atoms with van der Waals surface area (Å²) < 4.78 is 0. The molecule has 0 heterocycles. The number of carbonyl (C=O) groups excluding carboxylic acids is 1. The van der Waals surface area contributed by atoms with Crippen molar-refractivity contribution in [2.24, 2.45) is 0 Å². The fraction of sp³-hybridized carbons (Fsp3) is 0.429. The Kier molecular flexibility index (Phi) is 3.48. The Morgan fingerprint density at radius 3 is 2.94 bits per heavy atom. The van der Waals surface area contributed by atoms with E-state index < -0.39 is 12.0 Å². The normalized spacial score (nSPS) is 20.3. The third-order valence-electron chi connectivity index (χ3n) is 3.49. The van der Waals surface area contributed by atoms with Gasteiger partial charge in [-0.25, -0.2) is 4.79 Å². The van der Waals surface area contributed by atoms with E-state index >= 15 is 0 Å². The highest BCUT2D eigenvalue weighted by Crippen LogP contribution is 2.30. The highest BCUT2D eigenvalue weighted by molar-refractivity contribution is 5.84. The summed E-state index contributed by atoms with van der Waals surface area (Å²) in [4.78, 5) is 22.3. The van der Waals surface area contributed by atoms with E-state index in [4.69, 9.17) is 5.11 Å². The van der Waals surface area contributed by atoms with Gasteiger partial charge in [-0.2, -0.15) is 0 Å². The fourth-order valence-corrected chi connectivity index (χ4v) is 2.50. The first-order valence-corrected chi connectivity index (χ1v) is 6.16. The molecule has 96 valence electrons. The van der Waals surface area contributed by atoms with E-state index in [0.29, 0.717) is 19.3 Å². The Hall–Kier alpha value is -1.68. The van der Waals surface area contributed by atoms with Crippen molar-refractivity contribution in [2.45, 2.75) is 38.1 Å². The molecule has 0 radical (unpaired) electrons. The van der Waals surface area contributed by atoms with Gasteiger partial charge in [-0.15, -0.1) is 0 Å². The average Bonchev–Trinajstić information content (AvgIpc) is 2.29. The summed E-state index contributed by atoms with van der Waals surface area (Å²) in [6, 6.07) is 5.27. The lowest BCUT2D eigenvalue weighted by Crippen LogP contribution is -2.65. The number of aliphatic carboxylic acids is 1. The summed E-state index contributed by atoms with van der Waals surface area (Å²) in [6.45, 7) is 2.04. The third-order valence-corrected chi connectivity index (χ3v) is 3.49. The van der Waals surface area contributed by atoms with Crippen molar-refractivity contribution in [1.82, 2.24) is 0 Å². The number of hydrogen-bond acceptors (Lipinski definition) is 2. The Morgan fingerprint density at radius 2 is 2.28 bits per heavy atom. The van der Waals surface area contributed by atoms with Gasteiger partial charge in [0.15, 0.2) is 6.04 Å². The molecule has 1 aromatic rings. The predicted octanol–water partition coefficient (Wildman–Crippen LogP) is 0.543. The molecule has 4 nitrogen and oxygen atoms in total. The smallest absolute Gasteiger partial charge is 0.362 e. The highest BCUT2D eigenvalue weighted by atomic mass is 16.4. The van der Waals surface area contributed by atoms with Crippen LogP contribution in [0.15, 0.2) is 18.2 Å². The minimum Gasteiger partial charge on any atom is -0.477 e. The summed E-state index contributed by atoms with van der Waals surface area (Å²) in [5.41, 5.74) is 6.87. The van der Waals surface area contributed by atoms with Gasteiger partial charge in [0.25, 0.3) is 0 Å². The van der Waals surface area contributed by atoms with Gasteiger partial charge < -0.3 is 10.8 Å². The van der Waals surface area contributed by atoms with Gasteiger partial charge in [-0.1, -0.05) is 25.1 Å². The van der Waals surface area contributed by atoms with E-state index in [-0.39, 0.29) is 11.7 Å². The van der Waals surface area contributed by atoms with Crippen molar-refractivity contribution in [1.29, 1.82) is 0 Å². The van der Waals surface area contributed by atoms with Gasteiger partial charge in [0, 0.05) is 19.3 Å². The second-order valence-corrected chi connectivity index (χ2v) is 5.09. The topological polar surface area (TPSA) is 82.0 Å².